The number of halogens is 30. The Hall–Kier alpha value is -6.72. The van der Waals surface area contributed by atoms with E-state index in [1.54, 1.807) is 48.5 Å². The van der Waals surface area contributed by atoms with Gasteiger partial charge in [0.1, 0.15) is 75.2 Å². The molecule has 0 heterocycles. The molecule has 0 saturated heterocycles. The molecule has 0 aliphatic rings. The molecule has 0 spiro atoms. The molecule has 3 atom stereocenters. The first-order valence-electron chi connectivity index (χ1n) is 37.5. The molecule has 0 aliphatic heterocycles. The molecule has 0 amide bonds. The van der Waals surface area contributed by atoms with Crippen LogP contribution in [-0.2, 0) is 67.1 Å². The molecule has 0 saturated carbocycles. The number of hydrogen-bond acceptors (Lipinski definition) is 14. The number of ketones is 14. The third-order valence-corrected chi connectivity index (χ3v) is 17.8. The summed E-state index contributed by atoms with van der Waals surface area (Å²) in [5, 5.41) is 0. The van der Waals surface area contributed by atoms with Crippen molar-refractivity contribution in [2.45, 2.75) is 333 Å². The summed E-state index contributed by atoms with van der Waals surface area (Å²) in [4.78, 5) is 157. The minimum Gasteiger partial charge on any atom is -0.300 e. The molecule has 706 valence electrons. The van der Waals surface area contributed by atoms with E-state index in [1.165, 1.54) is 41.5 Å². The number of alkyl halides is 30. The van der Waals surface area contributed by atoms with E-state index in [0.29, 0.717) is 38.5 Å². The molecule has 14 nitrogen and oxygen atoms in total. The van der Waals surface area contributed by atoms with E-state index >= 15 is 0 Å². The Morgan fingerprint density at radius 2 is 0.358 bits per heavy atom. The molecule has 0 aromatic heterocycles. The molecular weight excluding hydrogens is 1710 g/mol. The van der Waals surface area contributed by atoms with Crippen molar-refractivity contribution in [1.29, 1.82) is 0 Å². The minimum atomic E-state index is -4.90. The molecule has 0 aromatic carbocycles. The zero-order valence-corrected chi connectivity index (χ0v) is 69.0. The summed E-state index contributed by atoms with van der Waals surface area (Å²) >= 11 is 0. The molecule has 120 heavy (non-hydrogen) atoms. The fraction of sp³-hybridized carbons (Fsp3) is 0.816. The highest BCUT2D eigenvalue weighted by molar-refractivity contribution is 6.05. The van der Waals surface area contributed by atoms with Gasteiger partial charge in [0, 0.05) is 64.6 Å². The Balaban J connectivity index is -0.000000249. The molecule has 0 bridgehead atoms. The van der Waals surface area contributed by atoms with Crippen LogP contribution in [0.15, 0.2) is 0 Å². The third kappa shape index (κ3) is 70.8. The Morgan fingerprint density at radius 1 is 0.208 bits per heavy atom. The van der Waals surface area contributed by atoms with Crippen LogP contribution in [0.5, 0.6) is 0 Å². The van der Waals surface area contributed by atoms with Gasteiger partial charge in [-0.15, -0.1) is 0 Å². The molecule has 0 aromatic rings. The lowest BCUT2D eigenvalue weighted by atomic mass is 9.78. The molecular formula is C76H108F30O14. The van der Waals surface area contributed by atoms with Crippen LogP contribution in [-0.4, -0.2) is 143 Å². The van der Waals surface area contributed by atoms with Gasteiger partial charge in [-0.1, -0.05) is 96.9 Å². The van der Waals surface area contributed by atoms with Crippen molar-refractivity contribution in [1.82, 2.24) is 0 Å². The van der Waals surface area contributed by atoms with Crippen molar-refractivity contribution in [3.63, 3.8) is 0 Å². The topological polar surface area (TPSA) is 239 Å². The SMILES string of the molecule is CC(=O)CC(=O)C(CC(F)(F)F)CC(F)(F)F.CC(C)C(=O)CC(=O)C(CC(F)(F)F)CC(F)(F)F.CCC(C)(CC)C(=O)CC(=O)C(F)(F)F.CCC(CC(F)(F)F)C(=O)CC(=O)C(C)C.CCC(CC(F)(F)F)C(=O)CC(C)=O.CCC(CC)C(=O)CC(=O)C(CC(F)(F)F)CC(F)(F)F.CCC(CC)C(=O)CC(=O)C(CC)CC(F)(F)F. The van der Waals surface area contributed by atoms with E-state index in [2.05, 4.69) is 0 Å². The van der Waals surface area contributed by atoms with Crippen LogP contribution in [0.25, 0.3) is 0 Å². The average Bonchev–Trinajstić information content (AvgIpc) is 0.843. The maximum Gasteiger partial charge on any atom is 0.450 e. The van der Waals surface area contributed by atoms with E-state index in [9.17, 15) is 199 Å². The van der Waals surface area contributed by atoms with Gasteiger partial charge in [-0.3, -0.25) is 67.1 Å². The second kappa shape index (κ2) is 56.9. The maximum atomic E-state index is 12.3. The summed E-state index contributed by atoms with van der Waals surface area (Å²) < 4.78 is 363. The van der Waals surface area contributed by atoms with E-state index in [0.717, 1.165) is 6.92 Å². The van der Waals surface area contributed by atoms with Gasteiger partial charge in [0.2, 0.25) is 5.78 Å². The lowest BCUT2D eigenvalue weighted by Crippen LogP contribution is -2.33. The Kier molecular flexibility index (Phi) is 60.0. The highest BCUT2D eigenvalue weighted by Gasteiger charge is 2.47. The third-order valence-electron chi connectivity index (χ3n) is 17.8. The molecule has 0 fully saturated rings. The van der Waals surface area contributed by atoms with E-state index < -0.39 is 274 Å². The van der Waals surface area contributed by atoms with Crippen molar-refractivity contribution in [2.24, 2.45) is 64.6 Å². The second-order valence-corrected chi connectivity index (χ2v) is 29.0. The first kappa shape index (κ1) is 126. The van der Waals surface area contributed by atoms with Gasteiger partial charge in [0.15, 0.2) is 0 Å². The van der Waals surface area contributed by atoms with Crippen LogP contribution in [0.4, 0.5) is 132 Å². The van der Waals surface area contributed by atoms with Gasteiger partial charge in [-0.05, 0) is 71.6 Å². The Bertz CT molecular complexity index is 3080. The smallest absolute Gasteiger partial charge is 0.300 e. The summed E-state index contributed by atoms with van der Waals surface area (Å²) in [5.41, 5.74) is -0.819. The van der Waals surface area contributed by atoms with Crippen molar-refractivity contribution in [3.8, 4) is 0 Å². The van der Waals surface area contributed by atoms with Gasteiger partial charge >= 0.3 is 61.8 Å². The lowest BCUT2D eigenvalue weighted by molar-refractivity contribution is -0.178. The molecule has 0 rings (SSSR count). The number of carbonyl (C=O) groups excluding carboxylic acids is 14. The zero-order valence-electron chi connectivity index (χ0n) is 69.0. The summed E-state index contributed by atoms with van der Waals surface area (Å²) in [7, 11) is 0. The maximum absolute atomic E-state index is 12.3. The molecule has 0 aliphatic carbocycles. The second-order valence-electron chi connectivity index (χ2n) is 29.0. The Morgan fingerprint density at radius 3 is 0.508 bits per heavy atom. The molecule has 44 heteroatoms. The number of carbonyl (C=O) groups is 14. The van der Waals surface area contributed by atoms with Crippen molar-refractivity contribution >= 4 is 81.0 Å². The quantitative estimate of drug-likeness (QED) is 0.0408. The monoisotopic (exact) mass is 1810 g/mol. The van der Waals surface area contributed by atoms with Crippen molar-refractivity contribution in [2.75, 3.05) is 0 Å². The van der Waals surface area contributed by atoms with Crippen LogP contribution in [0.1, 0.15) is 271 Å². The highest BCUT2D eigenvalue weighted by Crippen LogP contribution is 2.39. The van der Waals surface area contributed by atoms with Gasteiger partial charge in [-0.2, -0.15) is 132 Å². The number of rotatable bonds is 43. The van der Waals surface area contributed by atoms with Crippen LogP contribution < -0.4 is 0 Å². The largest absolute Gasteiger partial charge is 0.450 e. The highest BCUT2D eigenvalue weighted by atomic mass is 19.4. The van der Waals surface area contributed by atoms with Gasteiger partial charge in [-0.25, -0.2) is 0 Å². The van der Waals surface area contributed by atoms with Crippen LogP contribution in [0.3, 0.4) is 0 Å². The summed E-state index contributed by atoms with van der Waals surface area (Å²) in [6, 6.07) is 0. The van der Waals surface area contributed by atoms with Crippen molar-refractivity contribution < 1.29 is 199 Å². The van der Waals surface area contributed by atoms with E-state index in [1.807, 2.05) is 13.8 Å². The Labute approximate surface area is 675 Å². The minimum absolute atomic E-state index is 0.115. The fourth-order valence-electron chi connectivity index (χ4n) is 10.2. The predicted molar refractivity (Wildman–Crippen MR) is 374 cm³/mol. The van der Waals surface area contributed by atoms with Gasteiger partial charge in [0.25, 0.3) is 0 Å². The fourth-order valence-corrected chi connectivity index (χ4v) is 10.2. The zero-order chi connectivity index (χ0) is 97.0. The normalized spacial score (nSPS) is 13.3. The summed E-state index contributed by atoms with van der Waals surface area (Å²) in [6.07, 6.45) is -63.4. The van der Waals surface area contributed by atoms with Crippen LogP contribution in [0, 0.1) is 64.6 Å². The number of Topliss-reactive ketones (excluding diaryl/α,β-unsaturated/α-hetero) is 14. The van der Waals surface area contributed by atoms with E-state index in [4.69, 9.17) is 0 Å². The van der Waals surface area contributed by atoms with Crippen molar-refractivity contribution in [3.05, 3.63) is 0 Å². The predicted octanol–water partition coefficient (Wildman–Crippen LogP) is 23.7. The first-order valence-corrected chi connectivity index (χ1v) is 37.5. The summed E-state index contributed by atoms with van der Waals surface area (Å²) in [6.45, 7) is 24.8. The first-order chi connectivity index (χ1) is 53.5. The summed E-state index contributed by atoms with van der Waals surface area (Å²) in [5.74, 6) is -22.9. The molecule has 0 radical (unpaired) electrons. The van der Waals surface area contributed by atoms with E-state index in [-0.39, 0.29) is 55.5 Å². The standard InChI is InChI=1S/C13H18F6O2.C13H21F3O2.C11H14F6O2.C11H17F3O2.C10H15F3O2.C9H10F6O2.C9H13F3O2/c1-3-8(4-2)10(20)5-11(21)9(6-12(14,15)16)7-13(17,18)19;1-4-9(5-2)11(17)7-12(18)10(6-3)8-13(14,15)16;1-6(2)8(18)3-9(19)7(4-10(12,13)14)5-11(15,16)17;1-4-8(6-11(12,13)14)10(16)5-9(15)7(2)3;1-4-9(3,5-2)7(14)6-8(15)10(11,12)13;1-5(16)2-7(17)6(3-8(10,11)12)4-9(13,14)15;1-3-7(5-9(10,11)12)8(14)4-6(2)13/h8-9H,3-7H2,1-2H3;9-10H,4-8H2,1-3H3;6-7H,3-5H2,1-2H3;7-8H,4-6H2,1-3H3;4-6H2,1-3H3;6H,2-4H2,1H3;7H,3-5H2,1-2H3. The van der Waals surface area contributed by atoms with Crippen LogP contribution >= 0.6 is 0 Å². The average molecular weight is 1820 g/mol. The molecule has 3 unspecified atom stereocenters. The molecule has 0 N–H and O–H groups in total. The number of hydrogen-bond donors (Lipinski definition) is 0. The lowest BCUT2D eigenvalue weighted by Gasteiger charge is -2.24. The van der Waals surface area contributed by atoms with Crippen LogP contribution in [0.2, 0.25) is 0 Å². The van der Waals surface area contributed by atoms with Gasteiger partial charge < -0.3 is 0 Å². The van der Waals surface area contributed by atoms with Gasteiger partial charge in [0.05, 0.1) is 103 Å².